The van der Waals surface area contributed by atoms with Crippen LogP contribution in [0.3, 0.4) is 0 Å². The first-order valence-electron chi connectivity index (χ1n) is 6.14. The number of ether oxygens (including phenoxy) is 3. The molecule has 1 heterocycles. The van der Waals surface area contributed by atoms with Gasteiger partial charge < -0.3 is 19.3 Å². The van der Waals surface area contributed by atoms with E-state index < -0.39 is 11.4 Å². The van der Waals surface area contributed by atoms with Crippen LogP contribution in [-0.2, 0) is 10.2 Å². The zero-order chi connectivity index (χ0) is 14.0. The summed E-state index contributed by atoms with van der Waals surface area (Å²) >= 11 is 0. The van der Waals surface area contributed by atoms with Crippen LogP contribution in [0.1, 0.15) is 25.8 Å². The monoisotopic (exact) mass is 266 g/mol. The van der Waals surface area contributed by atoms with Gasteiger partial charge in [0.25, 0.3) is 0 Å². The first kappa shape index (κ1) is 13.5. The van der Waals surface area contributed by atoms with E-state index in [0.29, 0.717) is 30.5 Å². The molecule has 0 bridgehead atoms. The number of benzene rings is 1. The zero-order valence-corrected chi connectivity index (χ0v) is 11.4. The van der Waals surface area contributed by atoms with Crippen molar-refractivity contribution >= 4 is 5.97 Å². The van der Waals surface area contributed by atoms with E-state index in [1.807, 2.05) is 19.9 Å². The molecule has 19 heavy (non-hydrogen) atoms. The fraction of sp³-hybridized carbons (Fsp3) is 0.500. The van der Waals surface area contributed by atoms with E-state index in [1.54, 1.807) is 13.2 Å². The summed E-state index contributed by atoms with van der Waals surface area (Å²) in [6, 6.07) is 3.57. The van der Waals surface area contributed by atoms with Crippen molar-refractivity contribution in [2.45, 2.75) is 25.7 Å². The van der Waals surface area contributed by atoms with Gasteiger partial charge in [-0.1, -0.05) is 13.8 Å². The van der Waals surface area contributed by atoms with Crippen LogP contribution in [0.4, 0.5) is 0 Å². The Hall–Kier alpha value is -1.91. The lowest BCUT2D eigenvalue weighted by Gasteiger charge is -2.29. The van der Waals surface area contributed by atoms with Gasteiger partial charge in [-0.05, 0) is 6.07 Å². The number of carboxylic acid groups (broad SMARTS) is 1. The minimum Gasteiger partial charge on any atom is -0.497 e. The third-order valence-corrected chi connectivity index (χ3v) is 3.17. The normalized spacial score (nSPS) is 14.1. The molecule has 5 nitrogen and oxygen atoms in total. The molecule has 0 fully saturated rings. The van der Waals surface area contributed by atoms with Crippen molar-refractivity contribution in [3.63, 3.8) is 0 Å². The number of fused-ring (bicyclic) bond motifs is 1. The lowest BCUT2D eigenvalue weighted by atomic mass is 9.80. The Kier molecular flexibility index (Phi) is 3.55. The van der Waals surface area contributed by atoms with Crippen molar-refractivity contribution in [3.8, 4) is 17.2 Å². The molecule has 0 amide bonds. The van der Waals surface area contributed by atoms with Crippen LogP contribution in [0.2, 0.25) is 0 Å². The second-order valence-corrected chi connectivity index (χ2v) is 5.15. The maximum Gasteiger partial charge on any atom is 0.304 e. The van der Waals surface area contributed by atoms with Crippen LogP contribution in [0, 0.1) is 0 Å². The average Bonchev–Trinajstić information content (AvgIpc) is 2.35. The summed E-state index contributed by atoms with van der Waals surface area (Å²) in [4.78, 5) is 11.0. The largest absolute Gasteiger partial charge is 0.497 e. The standard InChI is InChI=1S/C14H18O5/c1-14(2,8-12(15)16)10-6-9(17-3)7-11-13(10)19-5-4-18-11/h6-7H,4-5,8H2,1-3H3,(H,15,16). The van der Waals surface area contributed by atoms with Crippen LogP contribution in [0.25, 0.3) is 0 Å². The average molecular weight is 266 g/mol. The number of carbonyl (C=O) groups is 1. The first-order chi connectivity index (χ1) is 8.94. The van der Waals surface area contributed by atoms with Gasteiger partial charge in [0, 0.05) is 17.0 Å². The van der Waals surface area contributed by atoms with Gasteiger partial charge in [0.1, 0.15) is 19.0 Å². The molecule has 1 N–H and O–H groups in total. The predicted octanol–water partition coefficient (Wildman–Crippen LogP) is 2.22. The summed E-state index contributed by atoms with van der Waals surface area (Å²) in [7, 11) is 1.57. The molecule has 1 aliphatic heterocycles. The lowest BCUT2D eigenvalue weighted by molar-refractivity contribution is -0.138. The third kappa shape index (κ3) is 2.75. The Morgan fingerprint density at radius 2 is 2.05 bits per heavy atom. The molecule has 5 heteroatoms. The van der Waals surface area contributed by atoms with Crippen LogP contribution in [0.5, 0.6) is 17.2 Å². The second kappa shape index (κ2) is 4.99. The topological polar surface area (TPSA) is 65.0 Å². The highest BCUT2D eigenvalue weighted by Gasteiger charge is 2.31. The quantitative estimate of drug-likeness (QED) is 0.905. The maximum atomic E-state index is 11.0. The second-order valence-electron chi connectivity index (χ2n) is 5.15. The zero-order valence-electron chi connectivity index (χ0n) is 11.4. The van der Waals surface area contributed by atoms with Gasteiger partial charge in [0.05, 0.1) is 13.5 Å². The van der Waals surface area contributed by atoms with Crippen LogP contribution in [-0.4, -0.2) is 31.4 Å². The van der Waals surface area contributed by atoms with Gasteiger partial charge in [-0.15, -0.1) is 0 Å². The van der Waals surface area contributed by atoms with Gasteiger partial charge in [0.15, 0.2) is 11.5 Å². The van der Waals surface area contributed by atoms with E-state index in [2.05, 4.69) is 0 Å². The molecule has 0 saturated carbocycles. The highest BCUT2D eigenvalue weighted by Crippen LogP contribution is 2.44. The molecule has 0 spiro atoms. The molecule has 0 atom stereocenters. The molecule has 0 unspecified atom stereocenters. The summed E-state index contributed by atoms with van der Waals surface area (Å²) < 4.78 is 16.4. The van der Waals surface area contributed by atoms with Crippen molar-refractivity contribution in [2.24, 2.45) is 0 Å². The van der Waals surface area contributed by atoms with Crippen molar-refractivity contribution in [3.05, 3.63) is 17.7 Å². The summed E-state index contributed by atoms with van der Waals surface area (Å²) in [5, 5.41) is 9.04. The van der Waals surface area contributed by atoms with Crippen LogP contribution in [0.15, 0.2) is 12.1 Å². The number of hydrogen-bond donors (Lipinski definition) is 1. The molecule has 0 radical (unpaired) electrons. The Bertz CT molecular complexity index is 493. The summed E-state index contributed by atoms with van der Waals surface area (Å²) in [6.45, 7) is 4.69. The Balaban J connectivity index is 2.51. The van der Waals surface area contributed by atoms with Gasteiger partial charge in [0.2, 0.25) is 0 Å². The van der Waals surface area contributed by atoms with E-state index in [-0.39, 0.29) is 6.42 Å². The van der Waals surface area contributed by atoms with Gasteiger partial charge >= 0.3 is 5.97 Å². The third-order valence-electron chi connectivity index (χ3n) is 3.17. The molecular weight excluding hydrogens is 248 g/mol. The SMILES string of the molecule is COc1cc2c(c(C(C)(C)CC(=O)O)c1)OCCO2. The molecule has 1 aromatic rings. The summed E-state index contributed by atoms with van der Waals surface area (Å²) in [5.41, 5.74) is 0.231. The molecular formula is C14H18O5. The fourth-order valence-electron chi connectivity index (χ4n) is 2.22. The van der Waals surface area contributed by atoms with Gasteiger partial charge in [-0.25, -0.2) is 0 Å². The van der Waals surface area contributed by atoms with E-state index in [9.17, 15) is 4.79 Å². The fourth-order valence-corrected chi connectivity index (χ4v) is 2.22. The predicted molar refractivity (Wildman–Crippen MR) is 69.3 cm³/mol. The van der Waals surface area contributed by atoms with Crippen molar-refractivity contribution in [1.29, 1.82) is 0 Å². The minimum absolute atomic E-state index is 0.00989. The van der Waals surface area contributed by atoms with Crippen molar-refractivity contribution in [1.82, 2.24) is 0 Å². The maximum absolute atomic E-state index is 11.0. The molecule has 2 rings (SSSR count). The number of carboxylic acids is 1. The number of hydrogen-bond acceptors (Lipinski definition) is 4. The molecule has 0 aromatic heterocycles. The Morgan fingerprint density at radius 1 is 1.37 bits per heavy atom. The number of rotatable bonds is 4. The molecule has 1 aromatic carbocycles. The van der Waals surface area contributed by atoms with E-state index >= 15 is 0 Å². The smallest absolute Gasteiger partial charge is 0.304 e. The highest BCUT2D eigenvalue weighted by atomic mass is 16.6. The van der Waals surface area contributed by atoms with Crippen LogP contribution >= 0.6 is 0 Å². The van der Waals surface area contributed by atoms with Crippen molar-refractivity contribution < 1.29 is 24.1 Å². The number of methoxy groups -OCH3 is 1. The molecule has 0 aliphatic carbocycles. The minimum atomic E-state index is -0.849. The molecule has 104 valence electrons. The molecule has 1 aliphatic rings. The highest BCUT2D eigenvalue weighted by molar-refractivity contribution is 5.70. The Morgan fingerprint density at radius 3 is 2.68 bits per heavy atom. The Labute approximate surface area is 112 Å². The van der Waals surface area contributed by atoms with E-state index in [0.717, 1.165) is 5.56 Å². The van der Waals surface area contributed by atoms with Crippen molar-refractivity contribution in [2.75, 3.05) is 20.3 Å². The van der Waals surface area contributed by atoms with Gasteiger partial charge in [-0.2, -0.15) is 0 Å². The number of aliphatic carboxylic acids is 1. The van der Waals surface area contributed by atoms with E-state index in [1.165, 1.54) is 0 Å². The summed E-state index contributed by atoms with van der Waals surface area (Å²) in [5.74, 6) is 1.02. The van der Waals surface area contributed by atoms with E-state index in [4.69, 9.17) is 19.3 Å². The summed E-state index contributed by atoms with van der Waals surface area (Å²) in [6.07, 6.45) is 0.00989. The lowest BCUT2D eigenvalue weighted by Crippen LogP contribution is -2.25. The molecule has 0 saturated heterocycles. The first-order valence-corrected chi connectivity index (χ1v) is 6.14. The van der Waals surface area contributed by atoms with Gasteiger partial charge in [-0.3, -0.25) is 4.79 Å². The van der Waals surface area contributed by atoms with Crippen LogP contribution < -0.4 is 14.2 Å².